The van der Waals surface area contributed by atoms with Crippen molar-refractivity contribution in [2.45, 2.75) is 19.4 Å². The molecule has 1 unspecified atom stereocenters. The summed E-state index contributed by atoms with van der Waals surface area (Å²) in [7, 11) is 1.49. The van der Waals surface area contributed by atoms with Gasteiger partial charge < -0.3 is 15.2 Å². The van der Waals surface area contributed by atoms with Crippen molar-refractivity contribution in [2.24, 2.45) is 5.73 Å². The molecule has 0 aliphatic rings. The summed E-state index contributed by atoms with van der Waals surface area (Å²) in [6, 6.07) is -0.647. The van der Waals surface area contributed by atoms with E-state index in [2.05, 4.69) is 4.74 Å². The molecule has 0 amide bonds. The van der Waals surface area contributed by atoms with Crippen LogP contribution in [0.1, 0.15) is 13.3 Å². The fourth-order valence-corrected chi connectivity index (χ4v) is 0.557. The van der Waals surface area contributed by atoms with Gasteiger partial charge >= 0.3 is 5.97 Å². The lowest BCUT2D eigenvalue weighted by atomic mass is 10.3. The van der Waals surface area contributed by atoms with Crippen LogP contribution in [-0.4, -0.2) is 32.3 Å². The van der Waals surface area contributed by atoms with Crippen LogP contribution in [0.2, 0.25) is 0 Å². The Morgan fingerprint density at radius 3 is 2.73 bits per heavy atom. The summed E-state index contributed by atoms with van der Waals surface area (Å²) in [6.07, 6.45) is 0.811. The molecule has 0 saturated carbocycles. The largest absolute Gasteiger partial charge is 0.464 e. The van der Waals surface area contributed by atoms with Gasteiger partial charge in [-0.1, -0.05) is 6.92 Å². The van der Waals surface area contributed by atoms with Crippen LogP contribution in [0, 0.1) is 0 Å². The van der Waals surface area contributed by atoms with Crippen molar-refractivity contribution >= 4 is 5.97 Å². The van der Waals surface area contributed by atoms with Gasteiger partial charge in [0, 0.05) is 7.11 Å². The highest BCUT2D eigenvalue weighted by Crippen LogP contribution is 1.88. The predicted molar refractivity (Wildman–Crippen MR) is 41.1 cm³/mol. The van der Waals surface area contributed by atoms with Crippen molar-refractivity contribution in [2.75, 3.05) is 20.3 Å². The minimum Gasteiger partial charge on any atom is -0.464 e. The van der Waals surface area contributed by atoms with Crippen LogP contribution in [0.3, 0.4) is 0 Å². The van der Waals surface area contributed by atoms with Crippen LogP contribution >= 0.6 is 0 Å². The van der Waals surface area contributed by atoms with Gasteiger partial charge in [0.15, 0.2) is 0 Å². The van der Waals surface area contributed by atoms with Crippen molar-refractivity contribution in [1.29, 1.82) is 0 Å². The lowest BCUT2D eigenvalue weighted by Crippen LogP contribution is -2.36. The molecule has 0 saturated heterocycles. The summed E-state index contributed by atoms with van der Waals surface area (Å²) < 4.78 is 9.44. The Labute approximate surface area is 66.7 Å². The number of carbonyl (C=O) groups is 1. The summed E-state index contributed by atoms with van der Waals surface area (Å²) in [6.45, 7) is 2.56. The summed E-state index contributed by atoms with van der Waals surface area (Å²) in [5.74, 6) is -0.395. The Morgan fingerprint density at radius 1 is 1.64 bits per heavy atom. The zero-order valence-corrected chi connectivity index (χ0v) is 7.00. The molecule has 11 heavy (non-hydrogen) atoms. The first kappa shape index (κ1) is 10.4. The maximum atomic E-state index is 10.9. The molecule has 0 aromatic carbocycles. The van der Waals surface area contributed by atoms with Gasteiger partial charge in [-0.2, -0.15) is 0 Å². The third-order valence-corrected chi connectivity index (χ3v) is 1.10. The van der Waals surface area contributed by atoms with E-state index < -0.39 is 12.0 Å². The second kappa shape index (κ2) is 6.12. The van der Waals surface area contributed by atoms with Crippen LogP contribution < -0.4 is 5.73 Å². The second-order valence-electron chi connectivity index (χ2n) is 2.23. The molecule has 4 nitrogen and oxygen atoms in total. The molecule has 1 atom stereocenters. The van der Waals surface area contributed by atoms with E-state index in [-0.39, 0.29) is 6.61 Å². The zero-order valence-electron chi connectivity index (χ0n) is 7.00. The van der Waals surface area contributed by atoms with Crippen molar-refractivity contribution in [3.8, 4) is 0 Å². The Morgan fingerprint density at radius 2 is 2.27 bits per heavy atom. The topological polar surface area (TPSA) is 61.5 Å². The molecule has 66 valence electrons. The molecular formula is C7H15NO3. The van der Waals surface area contributed by atoms with Gasteiger partial charge in [-0.25, -0.2) is 0 Å². The van der Waals surface area contributed by atoms with E-state index in [1.807, 2.05) is 6.92 Å². The first-order valence-electron chi connectivity index (χ1n) is 3.63. The van der Waals surface area contributed by atoms with Crippen molar-refractivity contribution < 1.29 is 14.3 Å². The molecule has 0 aliphatic carbocycles. The summed E-state index contributed by atoms with van der Waals surface area (Å²) in [4.78, 5) is 10.9. The monoisotopic (exact) mass is 161 g/mol. The lowest BCUT2D eigenvalue weighted by molar-refractivity contribution is -0.146. The standard InChI is InChI=1S/C7H15NO3/c1-3-4-11-7(9)6(8)5-10-2/h6H,3-5,8H2,1-2H3. The number of methoxy groups -OCH3 is 1. The molecule has 0 fully saturated rings. The Kier molecular flexibility index (Phi) is 5.78. The van der Waals surface area contributed by atoms with Gasteiger partial charge in [-0.3, -0.25) is 4.79 Å². The highest BCUT2D eigenvalue weighted by molar-refractivity contribution is 5.75. The average Bonchev–Trinajstić information content (AvgIpc) is 2.00. The number of ether oxygens (including phenoxy) is 2. The van der Waals surface area contributed by atoms with Gasteiger partial charge in [0.1, 0.15) is 6.04 Å². The fourth-order valence-electron chi connectivity index (χ4n) is 0.557. The van der Waals surface area contributed by atoms with E-state index in [0.717, 1.165) is 6.42 Å². The van der Waals surface area contributed by atoms with Crippen LogP contribution in [0.4, 0.5) is 0 Å². The number of hydrogen-bond acceptors (Lipinski definition) is 4. The summed E-state index contributed by atoms with van der Waals surface area (Å²) in [5.41, 5.74) is 5.37. The van der Waals surface area contributed by atoms with E-state index in [9.17, 15) is 4.79 Å². The van der Waals surface area contributed by atoms with Crippen LogP contribution in [0.15, 0.2) is 0 Å². The minimum absolute atomic E-state index is 0.211. The van der Waals surface area contributed by atoms with Gasteiger partial charge in [-0.15, -0.1) is 0 Å². The number of rotatable bonds is 5. The molecule has 2 N–H and O–H groups in total. The molecule has 0 rings (SSSR count). The van der Waals surface area contributed by atoms with E-state index >= 15 is 0 Å². The van der Waals surface area contributed by atoms with Gasteiger partial charge in [0.2, 0.25) is 0 Å². The molecule has 0 aromatic rings. The molecule has 0 heterocycles. The lowest BCUT2D eigenvalue weighted by Gasteiger charge is -2.08. The highest BCUT2D eigenvalue weighted by atomic mass is 16.5. The first-order valence-corrected chi connectivity index (χ1v) is 3.63. The SMILES string of the molecule is CCCOC(=O)C(N)COC. The van der Waals surface area contributed by atoms with E-state index in [4.69, 9.17) is 10.5 Å². The van der Waals surface area contributed by atoms with E-state index in [1.165, 1.54) is 7.11 Å². The molecular weight excluding hydrogens is 146 g/mol. The number of hydrogen-bond donors (Lipinski definition) is 1. The quantitative estimate of drug-likeness (QED) is 0.572. The summed E-state index contributed by atoms with van der Waals surface area (Å²) in [5, 5.41) is 0. The Bertz CT molecular complexity index is 116. The molecule has 0 radical (unpaired) electrons. The number of nitrogens with two attached hydrogens (primary N) is 1. The second-order valence-corrected chi connectivity index (χ2v) is 2.23. The predicted octanol–water partition coefficient (Wildman–Crippen LogP) is -0.0867. The van der Waals surface area contributed by atoms with Gasteiger partial charge in [0.25, 0.3) is 0 Å². The van der Waals surface area contributed by atoms with Crippen LogP contribution in [0.25, 0.3) is 0 Å². The fraction of sp³-hybridized carbons (Fsp3) is 0.857. The summed E-state index contributed by atoms with van der Waals surface area (Å²) >= 11 is 0. The van der Waals surface area contributed by atoms with Crippen molar-refractivity contribution in [1.82, 2.24) is 0 Å². The third kappa shape index (κ3) is 4.75. The van der Waals surface area contributed by atoms with E-state index in [1.54, 1.807) is 0 Å². The molecule has 4 heteroatoms. The average molecular weight is 161 g/mol. The number of carbonyl (C=O) groups excluding carboxylic acids is 1. The van der Waals surface area contributed by atoms with Crippen LogP contribution in [-0.2, 0) is 14.3 Å². The van der Waals surface area contributed by atoms with Gasteiger partial charge in [0.05, 0.1) is 13.2 Å². The van der Waals surface area contributed by atoms with Crippen molar-refractivity contribution in [3.63, 3.8) is 0 Å². The Balaban J connectivity index is 3.47. The van der Waals surface area contributed by atoms with Gasteiger partial charge in [-0.05, 0) is 6.42 Å². The highest BCUT2D eigenvalue weighted by Gasteiger charge is 2.13. The zero-order chi connectivity index (χ0) is 8.69. The maximum Gasteiger partial charge on any atom is 0.325 e. The smallest absolute Gasteiger partial charge is 0.325 e. The maximum absolute atomic E-state index is 10.9. The first-order chi connectivity index (χ1) is 5.22. The molecule has 0 aromatic heterocycles. The third-order valence-electron chi connectivity index (χ3n) is 1.10. The Hall–Kier alpha value is -0.610. The van der Waals surface area contributed by atoms with E-state index in [0.29, 0.717) is 6.61 Å². The van der Waals surface area contributed by atoms with Crippen LogP contribution in [0.5, 0.6) is 0 Å². The normalized spacial score (nSPS) is 12.6. The molecule has 0 aliphatic heterocycles. The number of esters is 1. The molecule has 0 spiro atoms. The molecule has 0 bridgehead atoms. The van der Waals surface area contributed by atoms with Crippen molar-refractivity contribution in [3.05, 3.63) is 0 Å². The minimum atomic E-state index is -0.647.